The first-order valence-electron chi connectivity index (χ1n) is 9.09. The van der Waals surface area contributed by atoms with Gasteiger partial charge < -0.3 is 14.0 Å². The fraction of sp³-hybridized carbons (Fsp3) is 0.350. The fourth-order valence-electron chi connectivity index (χ4n) is 3.45. The number of hydrogen-bond acceptors (Lipinski definition) is 5. The minimum Gasteiger partial charge on any atom is -0.497 e. The largest absolute Gasteiger partial charge is 0.497 e. The van der Waals surface area contributed by atoms with Gasteiger partial charge in [-0.3, -0.25) is 5.10 Å². The quantitative estimate of drug-likeness (QED) is 0.606. The summed E-state index contributed by atoms with van der Waals surface area (Å²) < 4.78 is 12.6. The van der Waals surface area contributed by atoms with Crippen LogP contribution in [0.5, 0.6) is 5.75 Å². The molecule has 7 nitrogen and oxygen atoms in total. The Labute approximate surface area is 169 Å². The summed E-state index contributed by atoms with van der Waals surface area (Å²) in [4.78, 5) is 16.6. The summed E-state index contributed by atoms with van der Waals surface area (Å²) in [6, 6.07) is 8.28. The highest BCUT2D eigenvalue weighted by Gasteiger charge is 2.35. The number of hydrogen-bond donors (Lipinski definition) is 1. The number of esters is 1. The van der Waals surface area contributed by atoms with E-state index in [4.69, 9.17) is 9.47 Å². The number of benzene rings is 1. The van der Waals surface area contributed by atoms with E-state index in [2.05, 4.69) is 31.9 Å². The number of H-pyrrole nitrogens is 1. The molecule has 148 valence electrons. The maximum Gasteiger partial charge on any atom is 0.357 e. The molecule has 2 heterocycles. The lowest BCUT2D eigenvalue weighted by Crippen LogP contribution is -2.14. The van der Waals surface area contributed by atoms with E-state index in [0.29, 0.717) is 23.8 Å². The molecule has 0 spiro atoms. The zero-order valence-corrected chi connectivity index (χ0v) is 16.6. The maximum atomic E-state index is 12.3. The van der Waals surface area contributed by atoms with Gasteiger partial charge in [0.15, 0.2) is 5.69 Å². The van der Waals surface area contributed by atoms with Crippen LogP contribution in [-0.2, 0) is 4.74 Å². The molecule has 0 saturated heterocycles. The smallest absolute Gasteiger partial charge is 0.357 e. The number of carbonyl (C=O) groups is 1. The molecular weight excluding hydrogens is 380 g/mol. The summed E-state index contributed by atoms with van der Waals surface area (Å²) in [5.41, 5.74) is 3.09. The number of nitrogens with one attached hydrogen (secondary N) is 1. The van der Waals surface area contributed by atoms with Crippen LogP contribution in [0, 0.1) is 5.92 Å². The van der Waals surface area contributed by atoms with Crippen LogP contribution in [0.25, 0.3) is 11.3 Å². The van der Waals surface area contributed by atoms with Gasteiger partial charge in [0.1, 0.15) is 5.75 Å². The monoisotopic (exact) mass is 402 g/mol. The van der Waals surface area contributed by atoms with Crippen LogP contribution in [0.4, 0.5) is 0 Å². The van der Waals surface area contributed by atoms with Crippen molar-refractivity contribution in [2.45, 2.75) is 25.8 Å². The van der Waals surface area contributed by atoms with Gasteiger partial charge in [0.2, 0.25) is 0 Å². The molecule has 3 aromatic rings. The highest BCUT2D eigenvalue weighted by molar-refractivity contribution is 5.94. The second kappa shape index (κ2) is 8.48. The summed E-state index contributed by atoms with van der Waals surface area (Å²) in [6.07, 6.45) is 7.59. The van der Waals surface area contributed by atoms with Gasteiger partial charge in [0.25, 0.3) is 0 Å². The SMILES string of the molecule is CCOC(=O)c1[nH]ncc1-c1cncn1C(c1ccc(OC)cc1)C1CC1.Cl. The standard InChI is InChI=1S/C20H22N4O3.ClH/c1-3-27-20(25)18-16(10-22-23-18)17-11-21-12-24(17)19(13-4-5-13)14-6-8-15(26-2)9-7-14;/h6-13,19H,3-5H2,1-2H3,(H,22,23);1H. The van der Waals surface area contributed by atoms with E-state index < -0.39 is 5.97 Å². The zero-order valence-electron chi connectivity index (χ0n) is 15.8. The molecule has 1 fully saturated rings. The molecule has 1 unspecified atom stereocenters. The Balaban J connectivity index is 0.00000225. The van der Waals surface area contributed by atoms with Crippen molar-refractivity contribution >= 4 is 18.4 Å². The van der Waals surface area contributed by atoms with Crippen molar-refractivity contribution in [2.75, 3.05) is 13.7 Å². The number of ether oxygens (including phenoxy) is 2. The number of aromatic amines is 1. The average Bonchev–Trinajstić information content (AvgIpc) is 3.19. The number of carbonyl (C=O) groups excluding carboxylic acids is 1. The van der Waals surface area contributed by atoms with Gasteiger partial charge in [-0.1, -0.05) is 12.1 Å². The molecule has 28 heavy (non-hydrogen) atoms. The normalized spacial score (nSPS) is 14.2. The van der Waals surface area contributed by atoms with Gasteiger partial charge in [-0.2, -0.15) is 5.10 Å². The number of imidazole rings is 1. The summed E-state index contributed by atoms with van der Waals surface area (Å²) in [5.74, 6) is 0.966. The van der Waals surface area contributed by atoms with Crippen molar-refractivity contribution in [3.63, 3.8) is 0 Å². The van der Waals surface area contributed by atoms with Crippen molar-refractivity contribution in [1.82, 2.24) is 19.7 Å². The number of halogens is 1. The first-order chi connectivity index (χ1) is 13.2. The van der Waals surface area contributed by atoms with Gasteiger partial charge >= 0.3 is 5.97 Å². The molecule has 0 bridgehead atoms. The molecule has 0 amide bonds. The predicted octanol–water partition coefficient (Wildman–Crippen LogP) is 3.88. The van der Waals surface area contributed by atoms with Crippen molar-refractivity contribution in [3.8, 4) is 17.0 Å². The van der Waals surface area contributed by atoms with E-state index in [-0.39, 0.29) is 18.4 Å². The summed E-state index contributed by atoms with van der Waals surface area (Å²) in [5, 5.41) is 6.82. The van der Waals surface area contributed by atoms with Crippen molar-refractivity contribution < 1.29 is 14.3 Å². The van der Waals surface area contributed by atoms with E-state index >= 15 is 0 Å². The van der Waals surface area contributed by atoms with Gasteiger partial charge in [0, 0.05) is 0 Å². The molecule has 1 atom stereocenters. The average molecular weight is 403 g/mol. The lowest BCUT2D eigenvalue weighted by Gasteiger charge is -2.21. The Morgan fingerprint density at radius 3 is 2.68 bits per heavy atom. The highest BCUT2D eigenvalue weighted by atomic mass is 35.5. The van der Waals surface area contributed by atoms with Crippen LogP contribution in [0.1, 0.15) is 41.9 Å². The Morgan fingerprint density at radius 2 is 2.04 bits per heavy atom. The van der Waals surface area contributed by atoms with Crippen LogP contribution >= 0.6 is 12.4 Å². The Hall–Kier alpha value is -2.80. The van der Waals surface area contributed by atoms with Crippen LogP contribution in [-0.4, -0.2) is 39.4 Å². The number of methoxy groups -OCH3 is 1. The molecular formula is C20H23ClN4O3. The van der Waals surface area contributed by atoms with E-state index in [1.54, 1.807) is 26.4 Å². The number of rotatable bonds is 7. The predicted molar refractivity (Wildman–Crippen MR) is 107 cm³/mol. The molecule has 1 saturated carbocycles. The molecule has 1 aromatic carbocycles. The maximum absolute atomic E-state index is 12.3. The van der Waals surface area contributed by atoms with Crippen LogP contribution in [0.2, 0.25) is 0 Å². The molecule has 1 aliphatic carbocycles. The number of aromatic nitrogens is 4. The van der Waals surface area contributed by atoms with Gasteiger partial charge in [-0.15, -0.1) is 12.4 Å². The first-order valence-corrected chi connectivity index (χ1v) is 9.09. The third-order valence-corrected chi connectivity index (χ3v) is 4.89. The lowest BCUT2D eigenvalue weighted by molar-refractivity contribution is 0.0520. The summed E-state index contributed by atoms with van der Waals surface area (Å²) >= 11 is 0. The molecule has 0 radical (unpaired) electrons. The van der Waals surface area contributed by atoms with E-state index in [1.807, 2.05) is 18.5 Å². The van der Waals surface area contributed by atoms with E-state index in [9.17, 15) is 4.79 Å². The summed E-state index contributed by atoms with van der Waals surface area (Å²) in [6.45, 7) is 2.10. The van der Waals surface area contributed by atoms with Crippen molar-refractivity contribution in [1.29, 1.82) is 0 Å². The third kappa shape index (κ3) is 3.75. The molecule has 4 rings (SSSR count). The molecule has 0 aliphatic heterocycles. The summed E-state index contributed by atoms with van der Waals surface area (Å²) in [7, 11) is 1.66. The minimum atomic E-state index is -0.412. The Bertz CT molecular complexity index is 931. The molecule has 2 aromatic heterocycles. The van der Waals surface area contributed by atoms with Crippen molar-refractivity contribution in [2.24, 2.45) is 5.92 Å². The van der Waals surface area contributed by atoms with Crippen molar-refractivity contribution in [3.05, 3.63) is 54.2 Å². The zero-order chi connectivity index (χ0) is 18.8. The molecule has 1 N–H and O–H groups in total. The van der Waals surface area contributed by atoms with E-state index in [1.165, 1.54) is 18.4 Å². The fourth-order valence-corrected chi connectivity index (χ4v) is 3.45. The van der Waals surface area contributed by atoms with Gasteiger partial charge in [0.05, 0.1) is 49.7 Å². The van der Waals surface area contributed by atoms with Gasteiger partial charge in [-0.05, 0) is 43.4 Å². The third-order valence-electron chi connectivity index (χ3n) is 4.89. The first kappa shape index (κ1) is 19.9. The molecule has 1 aliphatic rings. The second-order valence-corrected chi connectivity index (χ2v) is 6.62. The highest BCUT2D eigenvalue weighted by Crippen LogP contribution is 2.45. The van der Waals surface area contributed by atoms with E-state index in [0.717, 1.165) is 11.4 Å². The van der Waals surface area contributed by atoms with Gasteiger partial charge in [-0.25, -0.2) is 9.78 Å². The van der Waals surface area contributed by atoms with Crippen LogP contribution in [0.3, 0.4) is 0 Å². The topological polar surface area (TPSA) is 82.0 Å². The Kier molecular flexibility index (Phi) is 6.04. The number of nitrogens with zero attached hydrogens (tertiary/aromatic N) is 3. The van der Waals surface area contributed by atoms with Crippen LogP contribution in [0.15, 0.2) is 43.0 Å². The lowest BCUT2D eigenvalue weighted by atomic mass is 10.0. The second-order valence-electron chi connectivity index (χ2n) is 6.62. The minimum absolute atomic E-state index is 0. The Morgan fingerprint density at radius 1 is 1.29 bits per heavy atom. The van der Waals surface area contributed by atoms with Crippen LogP contribution < -0.4 is 4.74 Å². The molecule has 8 heteroatoms.